The van der Waals surface area contributed by atoms with E-state index in [9.17, 15) is 14.4 Å². The van der Waals surface area contributed by atoms with Crippen molar-refractivity contribution in [2.24, 2.45) is 11.0 Å². The maximum absolute atomic E-state index is 13.1. The van der Waals surface area contributed by atoms with Crippen LogP contribution in [0.1, 0.15) is 26.2 Å². The minimum Gasteiger partial charge on any atom is -0.495 e. The summed E-state index contributed by atoms with van der Waals surface area (Å²) in [6.07, 6.45) is 1.42. The van der Waals surface area contributed by atoms with Gasteiger partial charge in [-0.05, 0) is 44.0 Å². The Kier molecular flexibility index (Phi) is 6.72. The van der Waals surface area contributed by atoms with Crippen LogP contribution in [0.4, 0.5) is 11.4 Å². The summed E-state index contributed by atoms with van der Waals surface area (Å²) >= 11 is 0. The Morgan fingerprint density at radius 3 is 2.33 bits per heavy atom. The number of nitrogens with one attached hydrogen (secondary N) is 1. The lowest BCUT2D eigenvalue weighted by molar-refractivity contribution is -0.128. The molecule has 0 bridgehead atoms. The van der Waals surface area contributed by atoms with Crippen molar-refractivity contribution in [2.45, 2.75) is 32.2 Å². The Labute approximate surface area is 193 Å². The number of carbonyl (C=O) groups excluding carboxylic acids is 3. The number of hydrazone groups is 1. The van der Waals surface area contributed by atoms with Crippen LogP contribution < -0.4 is 15.1 Å². The van der Waals surface area contributed by atoms with Gasteiger partial charge in [-0.3, -0.25) is 19.4 Å². The molecule has 2 aliphatic heterocycles. The monoisotopic (exact) mass is 448 g/mol. The number of rotatable bonds is 6. The number of anilines is 2. The van der Waals surface area contributed by atoms with Crippen LogP contribution in [0, 0.1) is 5.92 Å². The van der Waals surface area contributed by atoms with Crippen LogP contribution in [0.5, 0.6) is 5.75 Å². The van der Waals surface area contributed by atoms with Gasteiger partial charge in [-0.2, -0.15) is 5.10 Å². The molecule has 0 radical (unpaired) electrons. The Hall–Kier alpha value is -3.68. The smallest absolute Gasteiger partial charge is 0.270 e. The second kappa shape index (κ2) is 9.85. The van der Waals surface area contributed by atoms with Gasteiger partial charge in [0.25, 0.3) is 5.91 Å². The van der Waals surface area contributed by atoms with Crippen LogP contribution >= 0.6 is 0 Å². The Morgan fingerprint density at radius 2 is 1.67 bits per heavy atom. The summed E-state index contributed by atoms with van der Waals surface area (Å²) in [5.41, 5.74) is 1.81. The quantitative estimate of drug-likeness (QED) is 0.733. The Bertz CT molecular complexity index is 1060. The number of Topliss-reactive ketones (excluding diaryl/α,β-unsaturated/α-hetero) is 1. The van der Waals surface area contributed by atoms with Gasteiger partial charge in [-0.1, -0.05) is 30.3 Å². The first-order valence-corrected chi connectivity index (χ1v) is 11.1. The van der Waals surface area contributed by atoms with Crippen molar-refractivity contribution in [3.63, 3.8) is 0 Å². The van der Waals surface area contributed by atoms with E-state index in [1.54, 1.807) is 29.2 Å². The third-order valence-electron chi connectivity index (χ3n) is 6.17. The molecule has 1 saturated heterocycles. The first-order chi connectivity index (χ1) is 16.0. The van der Waals surface area contributed by atoms with Crippen LogP contribution in [-0.4, -0.2) is 54.5 Å². The van der Waals surface area contributed by atoms with E-state index >= 15 is 0 Å². The molecule has 2 aromatic rings. The van der Waals surface area contributed by atoms with Gasteiger partial charge in [0.2, 0.25) is 5.91 Å². The van der Waals surface area contributed by atoms with Gasteiger partial charge in [0.05, 0.1) is 18.5 Å². The van der Waals surface area contributed by atoms with Crippen molar-refractivity contribution in [3.05, 3.63) is 54.6 Å². The molecule has 1 atom stereocenters. The summed E-state index contributed by atoms with van der Waals surface area (Å²) in [5, 5.41) is 9.09. The molecule has 1 N–H and O–H groups in total. The Morgan fingerprint density at radius 1 is 1.00 bits per heavy atom. The summed E-state index contributed by atoms with van der Waals surface area (Å²) < 4.78 is 5.30. The molecule has 2 aliphatic rings. The van der Waals surface area contributed by atoms with Gasteiger partial charge in [0.15, 0.2) is 5.78 Å². The predicted molar refractivity (Wildman–Crippen MR) is 126 cm³/mol. The zero-order valence-electron chi connectivity index (χ0n) is 18.9. The number of benzene rings is 2. The van der Waals surface area contributed by atoms with Gasteiger partial charge in [0, 0.05) is 25.4 Å². The number of ketones is 1. The van der Waals surface area contributed by atoms with Crippen molar-refractivity contribution in [3.8, 4) is 5.75 Å². The highest BCUT2D eigenvalue weighted by Crippen LogP contribution is 2.28. The molecule has 2 aromatic carbocycles. The maximum atomic E-state index is 13.1. The molecule has 1 fully saturated rings. The molecule has 2 heterocycles. The molecular weight excluding hydrogens is 420 g/mol. The van der Waals surface area contributed by atoms with Crippen molar-refractivity contribution in [1.29, 1.82) is 0 Å². The molecule has 0 spiro atoms. The molecule has 8 heteroatoms. The minimum absolute atomic E-state index is 0.0304. The number of piperidine rings is 1. The summed E-state index contributed by atoms with van der Waals surface area (Å²) in [7, 11) is 1.57. The molecule has 33 heavy (non-hydrogen) atoms. The molecule has 8 nitrogen and oxygen atoms in total. The van der Waals surface area contributed by atoms with Crippen LogP contribution in [-0.2, 0) is 14.4 Å². The highest BCUT2D eigenvalue weighted by Gasteiger charge is 2.37. The largest absolute Gasteiger partial charge is 0.495 e. The molecule has 0 aliphatic carbocycles. The average Bonchev–Trinajstić information content (AvgIpc) is 3.30. The summed E-state index contributed by atoms with van der Waals surface area (Å²) in [4.78, 5) is 39.8. The SMILES string of the molecule is COc1ccccc1NC(=O)C1CCN(C(=O)C2=NN(c3ccccc3)C(C(C)=O)C2)CC1. The molecule has 172 valence electrons. The Balaban J connectivity index is 1.38. The number of ether oxygens (including phenoxy) is 1. The topological polar surface area (TPSA) is 91.3 Å². The van der Waals surface area contributed by atoms with Crippen LogP contribution in [0.2, 0.25) is 0 Å². The van der Waals surface area contributed by atoms with Crippen molar-refractivity contribution >= 4 is 34.7 Å². The number of hydrogen-bond donors (Lipinski definition) is 1. The fourth-order valence-corrected chi connectivity index (χ4v) is 4.28. The van der Waals surface area contributed by atoms with E-state index < -0.39 is 6.04 Å². The summed E-state index contributed by atoms with van der Waals surface area (Å²) in [6, 6.07) is 16.2. The fourth-order valence-electron chi connectivity index (χ4n) is 4.28. The lowest BCUT2D eigenvalue weighted by Crippen LogP contribution is -2.44. The van der Waals surface area contributed by atoms with E-state index in [-0.39, 0.29) is 29.9 Å². The molecular formula is C25H28N4O4. The van der Waals surface area contributed by atoms with Crippen LogP contribution in [0.25, 0.3) is 0 Å². The zero-order valence-corrected chi connectivity index (χ0v) is 18.9. The molecule has 1 unspecified atom stereocenters. The highest BCUT2D eigenvalue weighted by atomic mass is 16.5. The fraction of sp³-hybridized carbons (Fsp3) is 0.360. The molecule has 0 aromatic heterocycles. The zero-order chi connectivity index (χ0) is 23.4. The number of nitrogens with zero attached hydrogens (tertiary/aromatic N) is 3. The van der Waals surface area contributed by atoms with E-state index in [4.69, 9.17) is 4.74 Å². The van der Waals surface area contributed by atoms with Gasteiger partial charge >= 0.3 is 0 Å². The van der Waals surface area contributed by atoms with E-state index in [0.29, 0.717) is 43.1 Å². The minimum atomic E-state index is -0.476. The summed E-state index contributed by atoms with van der Waals surface area (Å²) in [6.45, 7) is 2.46. The second-order valence-electron chi connectivity index (χ2n) is 8.31. The van der Waals surface area contributed by atoms with Gasteiger partial charge in [-0.25, -0.2) is 0 Å². The number of methoxy groups -OCH3 is 1. The number of likely N-dealkylation sites (tertiary alicyclic amines) is 1. The predicted octanol–water partition coefficient (Wildman–Crippen LogP) is 3.10. The number of hydrogen-bond acceptors (Lipinski definition) is 6. The molecule has 4 rings (SSSR count). The summed E-state index contributed by atoms with van der Waals surface area (Å²) in [5.74, 6) is 0.160. The number of para-hydroxylation sites is 3. The standard InChI is InChI=1S/C25H28N4O4/c1-17(30)22-16-21(27-29(22)19-8-4-3-5-9-19)25(32)28-14-12-18(13-15-28)24(31)26-20-10-6-7-11-23(20)33-2/h3-11,18,22H,12-16H2,1-2H3,(H,26,31). The lowest BCUT2D eigenvalue weighted by Gasteiger charge is -2.31. The maximum Gasteiger partial charge on any atom is 0.270 e. The van der Waals surface area contributed by atoms with Gasteiger partial charge < -0.3 is 15.0 Å². The van der Waals surface area contributed by atoms with Gasteiger partial charge in [0.1, 0.15) is 17.5 Å². The first-order valence-electron chi connectivity index (χ1n) is 11.1. The van der Waals surface area contributed by atoms with Crippen LogP contribution in [0.3, 0.4) is 0 Å². The third kappa shape index (κ3) is 4.89. The third-order valence-corrected chi connectivity index (χ3v) is 6.17. The van der Waals surface area contributed by atoms with Gasteiger partial charge in [-0.15, -0.1) is 0 Å². The molecule has 2 amide bonds. The average molecular weight is 449 g/mol. The van der Waals surface area contributed by atoms with Crippen molar-refractivity contribution < 1.29 is 19.1 Å². The number of amides is 2. The van der Waals surface area contributed by atoms with Crippen molar-refractivity contribution in [1.82, 2.24) is 4.90 Å². The van der Waals surface area contributed by atoms with Crippen LogP contribution in [0.15, 0.2) is 59.7 Å². The highest BCUT2D eigenvalue weighted by molar-refractivity contribution is 6.40. The normalized spacial score (nSPS) is 18.6. The second-order valence-corrected chi connectivity index (χ2v) is 8.31. The molecule has 0 saturated carbocycles. The van der Waals surface area contributed by atoms with E-state index in [1.165, 1.54) is 6.92 Å². The lowest BCUT2D eigenvalue weighted by atomic mass is 9.95. The van der Waals surface area contributed by atoms with Crippen molar-refractivity contribution in [2.75, 3.05) is 30.5 Å². The number of carbonyl (C=O) groups is 3. The van der Waals surface area contributed by atoms with E-state index in [1.807, 2.05) is 42.5 Å². The van der Waals surface area contributed by atoms with E-state index in [0.717, 1.165) is 5.69 Å². The van der Waals surface area contributed by atoms with E-state index in [2.05, 4.69) is 10.4 Å². The first kappa shape index (κ1) is 22.5.